The van der Waals surface area contributed by atoms with E-state index in [9.17, 15) is 0 Å². The molecule has 1 aromatic rings. The molecule has 1 aliphatic rings. The first kappa shape index (κ1) is 13.6. The van der Waals surface area contributed by atoms with E-state index in [1.807, 2.05) is 12.3 Å². The molecule has 0 N–H and O–H groups in total. The van der Waals surface area contributed by atoms with Gasteiger partial charge in [-0.25, -0.2) is 4.98 Å². The Morgan fingerprint density at radius 2 is 1.89 bits per heavy atom. The van der Waals surface area contributed by atoms with Gasteiger partial charge < -0.3 is 4.90 Å². The van der Waals surface area contributed by atoms with Crippen molar-refractivity contribution in [3.8, 4) is 0 Å². The van der Waals surface area contributed by atoms with Crippen molar-refractivity contribution in [3.05, 3.63) is 23.9 Å². The van der Waals surface area contributed by atoms with Crippen molar-refractivity contribution < 1.29 is 0 Å². The molecule has 0 spiro atoms. The molecule has 0 bridgehead atoms. The minimum Gasteiger partial charge on any atom is -0.354 e. The molecule has 1 fully saturated rings. The Balaban J connectivity index is 2.06. The maximum absolute atomic E-state index is 5.98. The summed E-state index contributed by atoms with van der Waals surface area (Å²) in [6.45, 7) is 11.0. The number of nitrogens with zero attached hydrogens (tertiary/aromatic N) is 3. The van der Waals surface area contributed by atoms with Gasteiger partial charge in [-0.3, -0.25) is 4.90 Å². The molecule has 0 aliphatic carbocycles. The number of halogens is 1. The first-order valence-corrected chi connectivity index (χ1v) is 7.05. The van der Waals surface area contributed by atoms with E-state index in [4.69, 9.17) is 11.6 Å². The van der Waals surface area contributed by atoms with E-state index in [2.05, 4.69) is 41.6 Å². The molecule has 4 heteroatoms. The first-order valence-electron chi connectivity index (χ1n) is 6.52. The van der Waals surface area contributed by atoms with Gasteiger partial charge in [0.1, 0.15) is 5.82 Å². The van der Waals surface area contributed by atoms with Crippen LogP contribution in [0.4, 0.5) is 5.82 Å². The van der Waals surface area contributed by atoms with Crippen LogP contribution in [-0.2, 0) is 5.88 Å². The summed E-state index contributed by atoms with van der Waals surface area (Å²) in [5.41, 5.74) is 1.38. The van der Waals surface area contributed by atoms with Crippen LogP contribution in [0, 0.1) is 0 Å². The lowest BCUT2D eigenvalue weighted by molar-refractivity contribution is 0.128. The quantitative estimate of drug-likeness (QED) is 0.768. The highest BCUT2D eigenvalue weighted by molar-refractivity contribution is 6.17. The van der Waals surface area contributed by atoms with Gasteiger partial charge in [0.2, 0.25) is 0 Å². The van der Waals surface area contributed by atoms with Crippen LogP contribution < -0.4 is 4.90 Å². The lowest BCUT2D eigenvalue weighted by Gasteiger charge is -2.42. The summed E-state index contributed by atoms with van der Waals surface area (Å²) in [6, 6.07) is 4.01. The van der Waals surface area contributed by atoms with Gasteiger partial charge in [0.25, 0.3) is 0 Å². The molecule has 0 unspecified atom stereocenters. The molecule has 0 radical (unpaired) electrons. The molecule has 2 rings (SSSR count). The molecule has 18 heavy (non-hydrogen) atoms. The predicted octanol–water partition coefficient (Wildman–Crippen LogP) is 2.74. The Labute approximate surface area is 115 Å². The van der Waals surface area contributed by atoms with Crippen molar-refractivity contribution in [2.24, 2.45) is 0 Å². The van der Waals surface area contributed by atoms with Crippen LogP contribution in [0.1, 0.15) is 26.3 Å². The molecular weight excluding hydrogens is 246 g/mol. The molecule has 1 aliphatic heterocycles. The van der Waals surface area contributed by atoms with Crippen molar-refractivity contribution in [3.63, 3.8) is 0 Å². The van der Waals surface area contributed by atoms with E-state index in [1.165, 1.54) is 0 Å². The van der Waals surface area contributed by atoms with Crippen LogP contribution in [0.2, 0.25) is 0 Å². The summed E-state index contributed by atoms with van der Waals surface area (Å²) in [7, 11) is 0. The minimum atomic E-state index is 0.255. The molecule has 1 saturated heterocycles. The highest BCUT2D eigenvalue weighted by Crippen LogP contribution is 2.22. The largest absolute Gasteiger partial charge is 0.354 e. The highest BCUT2D eigenvalue weighted by Gasteiger charge is 2.26. The average molecular weight is 268 g/mol. The smallest absolute Gasteiger partial charge is 0.133 e. The summed E-state index contributed by atoms with van der Waals surface area (Å²) in [5.74, 6) is 1.59. The fourth-order valence-electron chi connectivity index (χ4n) is 2.41. The zero-order chi connectivity index (χ0) is 13.2. The first-order chi connectivity index (χ1) is 8.52. The zero-order valence-corrected chi connectivity index (χ0v) is 12.2. The van der Waals surface area contributed by atoms with Gasteiger partial charge in [-0.15, -0.1) is 11.6 Å². The van der Waals surface area contributed by atoms with Crippen molar-refractivity contribution in [1.82, 2.24) is 9.88 Å². The number of hydrogen-bond donors (Lipinski definition) is 0. The van der Waals surface area contributed by atoms with Gasteiger partial charge in [-0.05, 0) is 26.8 Å². The molecule has 0 atom stereocenters. The number of alkyl halides is 1. The van der Waals surface area contributed by atoms with E-state index in [0.29, 0.717) is 5.88 Å². The monoisotopic (exact) mass is 267 g/mol. The molecule has 3 nitrogen and oxygen atoms in total. The second kappa shape index (κ2) is 5.45. The van der Waals surface area contributed by atoms with Crippen molar-refractivity contribution in [2.75, 3.05) is 31.1 Å². The van der Waals surface area contributed by atoms with Crippen molar-refractivity contribution >= 4 is 17.4 Å². The van der Waals surface area contributed by atoms with Crippen LogP contribution in [0.15, 0.2) is 18.3 Å². The lowest BCUT2D eigenvalue weighted by Crippen LogP contribution is -2.53. The predicted molar refractivity (Wildman–Crippen MR) is 77.3 cm³/mol. The lowest BCUT2D eigenvalue weighted by atomic mass is 10.0. The molecule has 2 heterocycles. The van der Waals surface area contributed by atoms with Crippen LogP contribution in [-0.4, -0.2) is 41.6 Å². The molecule has 0 aromatic carbocycles. The Hall–Kier alpha value is -0.800. The third-order valence-corrected chi connectivity index (χ3v) is 3.83. The van der Waals surface area contributed by atoms with Crippen molar-refractivity contribution in [2.45, 2.75) is 32.2 Å². The second-order valence-electron chi connectivity index (χ2n) is 5.76. The summed E-state index contributed by atoms with van der Waals surface area (Å²) in [4.78, 5) is 9.35. The van der Waals surface area contributed by atoms with Gasteiger partial charge in [-0.1, -0.05) is 6.07 Å². The fourth-order valence-corrected chi connectivity index (χ4v) is 2.62. The summed E-state index contributed by atoms with van der Waals surface area (Å²) in [6.07, 6.45) is 1.85. The fraction of sp³-hybridized carbons (Fsp3) is 0.643. The Bertz CT molecular complexity index is 392. The van der Waals surface area contributed by atoms with E-state index >= 15 is 0 Å². The molecule has 100 valence electrons. The summed E-state index contributed by atoms with van der Waals surface area (Å²) in [5, 5.41) is 0. The minimum absolute atomic E-state index is 0.255. The molecule has 1 aromatic heterocycles. The Kier molecular flexibility index (Phi) is 4.13. The van der Waals surface area contributed by atoms with Gasteiger partial charge in [0, 0.05) is 43.5 Å². The van der Waals surface area contributed by atoms with Crippen LogP contribution in [0.3, 0.4) is 0 Å². The van der Waals surface area contributed by atoms with Gasteiger partial charge in [-0.2, -0.15) is 0 Å². The number of anilines is 1. The van der Waals surface area contributed by atoms with E-state index in [1.54, 1.807) is 0 Å². The third kappa shape index (κ3) is 2.96. The number of pyridine rings is 1. The standard InChI is InChI=1S/C14H22ClN3/c1-14(2,3)18-9-7-17(8-10-18)13-12(11-15)5-4-6-16-13/h4-6H,7-11H2,1-3H3. The molecular formula is C14H22ClN3. The normalized spacial score (nSPS) is 18.1. The van der Waals surface area contributed by atoms with Crippen LogP contribution in [0.25, 0.3) is 0 Å². The van der Waals surface area contributed by atoms with E-state index in [-0.39, 0.29) is 5.54 Å². The van der Waals surface area contributed by atoms with Crippen molar-refractivity contribution in [1.29, 1.82) is 0 Å². The van der Waals surface area contributed by atoms with Gasteiger partial charge in [0.05, 0.1) is 5.88 Å². The number of hydrogen-bond acceptors (Lipinski definition) is 3. The maximum Gasteiger partial charge on any atom is 0.133 e. The Morgan fingerprint density at radius 3 is 2.44 bits per heavy atom. The van der Waals surface area contributed by atoms with Gasteiger partial charge >= 0.3 is 0 Å². The van der Waals surface area contributed by atoms with Crippen LogP contribution in [0.5, 0.6) is 0 Å². The van der Waals surface area contributed by atoms with Gasteiger partial charge in [0.15, 0.2) is 0 Å². The highest BCUT2D eigenvalue weighted by atomic mass is 35.5. The topological polar surface area (TPSA) is 19.4 Å². The van der Waals surface area contributed by atoms with Crippen LogP contribution >= 0.6 is 11.6 Å². The molecule has 0 saturated carbocycles. The molecule has 0 amide bonds. The Morgan fingerprint density at radius 1 is 1.22 bits per heavy atom. The SMILES string of the molecule is CC(C)(C)N1CCN(c2ncccc2CCl)CC1. The average Bonchev–Trinajstić information content (AvgIpc) is 2.38. The maximum atomic E-state index is 5.98. The number of rotatable bonds is 2. The number of aromatic nitrogens is 1. The third-order valence-electron chi connectivity index (χ3n) is 3.54. The van der Waals surface area contributed by atoms with E-state index in [0.717, 1.165) is 37.6 Å². The summed E-state index contributed by atoms with van der Waals surface area (Å²) < 4.78 is 0. The summed E-state index contributed by atoms with van der Waals surface area (Å²) >= 11 is 5.98. The van der Waals surface area contributed by atoms with E-state index < -0.39 is 0 Å². The second-order valence-corrected chi connectivity index (χ2v) is 6.03. The number of piperazine rings is 1. The zero-order valence-electron chi connectivity index (χ0n) is 11.5.